The molecule has 2 amide bonds. The molecule has 3 rings (SSSR count). The lowest BCUT2D eigenvalue weighted by molar-refractivity contribution is -0.122. The fourth-order valence-electron chi connectivity index (χ4n) is 2.61. The minimum atomic E-state index is -0.162. The maximum Gasteiger partial charge on any atom is 0.278 e. The van der Waals surface area contributed by atoms with Gasteiger partial charge in [0.25, 0.3) is 5.91 Å². The lowest BCUT2D eigenvalue weighted by atomic mass is 10.2. The molecule has 0 radical (unpaired) electrons. The van der Waals surface area contributed by atoms with Crippen LogP contribution < -0.4 is 5.32 Å². The minimum absolute atomic E-state index is 0.102. The van der Waals surface area contributed by atoms with Gasteiger partial charge in [-0.15, -0.1) is 0 Å². The van der Waals surface area contributed by atoms with E-state index >= 15 is 0 Å². The highest BCUT2D eigenvalue weighted by Gasteiger charge is 2.29. The van der Waals surface area contributed by atoms with Crippen LogP contribution in [0.3, 0.4) is 0 Å². The molecular formula is C21H20ClN3O2S. The number of benzene rings is 2. The number of likely N-dealkylation sites (N-methyl/N-ethyl adjacent to an activating group) is 1. The number of nitrogens with zero attached hydrogens (tertiary/aromatic N) is 2. The average molecular weight is 414 g/mol. The fraction of sp³-hybridized carbons (Fsp3) is 0.190. The normalized spacial score (nSPS) is 15.1. The monoisotopic (exact) mass is 413 g/mol. The van der Waals surface area contributed by atoms with E-state index in [-0.39, 0.29) is 17.6 Å². The summed E-state index contributed by atoms with van der Waals surface area (Å²) in [4.78, 5) is 30.7. The molecule has 2 aromatic carbocycles. The van der Waals surface area contributed by atoms with Gasteiger partial charge in [-0.05, 0) is 36.3 Å². The number of hydrogen-bond donors (Lipinski definition) is 1. The number of hydrogen-bond acceptors (Lipinski definition) is 4. The first kappa shape index (κ1) is 20.2. The van der Waals surface area contributed by atoms with Crippen molar-refractivity contribution < 1.29 is 9.59 Å². The van der Waals surface area contributed by atoms with Crippen molar-refractivity contribution in [3.8, 4) is 0 Å². The molecule has 1 aliphatic rings. The van der Waals surface area contributed by atoms with Crippen molar-refractivity contribution >= 4 is 46.4 Å². The molecule has 0 bridgehead atoms. The molecule has 0 aliphatic carbocycles. The van der Waals surface area contributed by atoms with Gasteiger partial charge in [-0.25, -0.2) is 4.99 Å². The van der Waals surface area contributed by atoms with Gasteiger partial charge in [0.15, 0.2) is 5.17 Å². The third kappa shape index (κ3) is 5.24. The molecule has 0 fully saturated rings. The van der Waals surface area contributed by atoms with E-state index in [9.17, 15) is 9.59 Å². The summed E-state index contributed by atoms with van der Waals surface area (Å²) < 4.78 is 0. The van der Waals surface area contributed by atoms with E-state index in [4.69, 9.17) is 11.6 Å². The quantitative estimate of drug-likeness (QED) is 0.729. The number of nitrogens with one attached hydrogen (secondary N) is 1. The highest BCUT2D eigenvalue weighted by molar-refractivity contribution is 8.14. The Balaban J connectivity index is 1.62. The summed E-state index contributed by atoms with van der Waals surface area (Å²) in [5, 5.41) is 4.06. The van der Waals surface area contributed by atoms with Crippen LogP contribution in [0.15, 0.2) is 65.3 Å². The van der Waals surface area contributed by atoms with Gasteiger partial charge in [0.2, 0.25) is 5.91 Å². The van der Waals surface area contributed by atoms with Gasteiger partial charge in [0, 0.05) is 18.1 Å². The Bertz CT molecular complexity index is 911. The maximum absolute atomic E-state index is 12.6. The highest BCUT2D eigenvalue weighted by Crippen LogP contribution is 2.24. The number of rotatable bonds is 6. The van der Waals surface area contributed by atoms with Gasteiger partial charge in [0.1, 0.15) is 5.70 Å². The van der Waals surface area contributed by atoms with E-state index in [2.05, 4.69) is 10.3 Å². The Morgan fingerprint density at radius 1 is 1.18 bits per heavy atom. The van der Waals surface area contributed by atoms with E-state index in [1.807, 2.05) is 49.4 Å². The van der Waals surface area contributed by atoms with Crippen LogP contribution in [0.4, 0.5) is 0 Å². The number of carbonyl (C=O) groups excluding carboxylic acids is 2. The Hall–Kier alpha value is -2.57. The summed E-state index contributed by atoms with van der Waals surface area (Å²) in [5.41, 5.74) is 2.24. The summed E-state index contributed by atoms with van der Waals surface area (Å²) >= 11 is 7.16. The topological polar surface area (TPSA) is 61.8 Å². The molecule has 0 unspecified atom stereocenters. The average Bonchev–Trinajstić information content (AvgIpc) is 3.01. The van der Waals surface area contributed by atoms with Crippen molar-refractivity contribution in [2.24, 2.45) is 4.99 Å². The van der Waals surface area contributed by atoms with Gasteiger partial charge in [-0.1, -0.05) is 65.8 Å². The SMILES string of the molecule is CCN1C(=O)C(=Cc2ccc(Cl)cc2)N=C1SCC(=O)NCc1ccccc1. The number of halogens is 1. The van der Waals surface area contributed by atoms with Gasteiger partial charge in [-0.3, -0.25) is 14.5 Å². The lowest BCUT2D eigenvalue weighted by Crippen LogP contribution is -2.32. The first-order chi connectivity index (χ1) is 13.6. The van der Waals surface area contributed by atoms with Crippen LogP contribution in [0.1, 0.15) is 18.1 Å². The Kier molecular flexibility index (Phi) is 6.90. The third-order valence-corrected chi connectivity index (χ3v) is 5.29. The molecule has 0 spiro atoms. The van der Waals surface area contributed by atoms with Crippen LogP contribution in [-0.2, 0) is 16.1 Å². The zero-order valence-electron chi connectivity index (χ0n) is 15.4. The molecule has 5 nitrogen and oxygen atoms in total. The Labute approximate surface area is 173 Å². The standard InChI is InChI=1S/C21H20ClN3O2S/c1-2-25-20(27)18(12-15-8-10-17(22)11-9-15)24-21(25)28-14-19(26)23-13-16-6-4-3-5-7-16/h3-12H,2,13-14H2,1H3,(H,23,26). The third-order valence-electron chi connectivity index (χ3n) is 4.07. The van der Waals surface area contributed by atoms with E-state index < -0.39 is 0 Å². The van der Waals surface area contributed by atoms with Crippen LogP contribution in [-0.4, -0.2) is 34.2 Å². The van der Waals surface area contributed by atoms with Crippen LogP contribution >= 0.6 is 23.4 Å². The summed E-state index contributed by atoms with van der Waals surface area (Å²) in [7, 11) is 0. The molecule has 0 atom stereocenters. The first-order valence-corrected chi connectivity index (χ1v) is 10.2. The predicted molar refractivity (Wildman–Crippen MR) is 115 cm³/mol. The number of amides is 2. The van der Waals surface area contributed by atoms with E-state index in [1.54, 1.807) is 23.1 Å². The van der Waals surface area contributed by atoms with Gasteiger partial charge >= 0.3 is 0 Å². The van der Waals surface area contributed by atoms with Gasteiger partial charge < -0.3 is 5.32 Å². The van der Waals surface area contributed by atoms with E-state index in [0.29, 0.717) is 29.0 Å². The zero-order valence-corrected chi connectivity index (χ0v) is 17.0. The second kappa shape index (κ2) is 9.57. The smallest absolute Gasteiger partial charge is 0.278 e. The first-order valence-electron chi connectivity index (χ1n) is 8.88. The molecule has 0 saturated carbocycles. The number of thioether (sulfide) groups is 1. The Morgan fingerprint density at radius 3 is 2.57 bits per heavy atom. The van der Waals surface area contributed by atoms with Crippen LogP contribution in [0.25, 0.3) is 6.08 Å². The molecule has 0 saturated heterocycles. The molecule has 28 heavy (non-hydrogen) atoms. The summed E-state index contributed by atoms with van der Waals surface area (Å²) in [5.74, 6) is -0.0660. The molecule has 0 aromatic heterocycles. The van der Waals surface area contributed by atoms with Gasteiger partial charge in [0.05, 0.1) is 5.75 Å². The van der Waals surface area contributed by atoms with Crippen molar-refractivity contribution in [2.45, 2.75) is 13.5 Å². The Morgan fingerprint density at radius 2 is 1.89 bits per heavy atom. The summed E-state index contributed by atoms with van der Waals surface area (Å²) in [6.07, 6.45) is 1.73. The van der Waals surface area contributed by atoms with Crippen molar-refractivity contribution in [3.05, 3.63) is 76.4 Å². The van der Waals surface area contributed by atoms with E-state index in [1.165, 1.54) is 11.8 Å². The number of aliphatic imine (C=N–C) groups is 1. The van der Waals surface area contributed by atoms with Gasteiger partial charge in [-0.2, -0.15) is 0 Å². The van der Waals surface area contributed by atoms with Crippen LogP contribution in [0.2, 0.25) is 5.02 Å². The highest BCUT2D eigenvalue weighted by atomic mass is 35.5. The largest absolute Gasteiger partial charge is 0.351 e. The van der Waals surface area contributed by atoms with Crippen molar-refractivity contribution in [3.63, 3.8) is 0 Å². The lowest BCUT2D eigenvalue weighted by Gasteiger charge is -2.14. The number of carbonyl (C=O) groups is 2. The van der Waals surface area contributed by atoms with Crippen molar-refractivity contribution in [1.82, 2.24) is 10.2 Å². The van der Waals surface area contributed by atoms with E-state index in [0.717, 1.165) is 11.1 Å². The minimum Gasteiger partial charge on any atom is -0.351 e. The molecular weight excluding hydrogens is 394 g/mol. The molecule has 1 heterocycles. The molecule has 2 aromatic rings. The number of amidine groups is 1. The maximum atomic E-state index is 12.6. The molecule has 1 N–H and O–H groups in total. The molecule has 1 aliphatic heterocycles. The zero-order chi connectivity index (χ0) is 19.9. The predicted octanol–water partition coefficient (Wildman–Crippen LogP) is 3.95. The molecule has 7 heteroatoms. The summed E-state index contributed by atoms with van der Waals surface area (Å²) in [6, 6.07) is 16.9. The summed E-state index contributed by atoms with van der Waals surface area (Å²) in [6.45, 7) is 2.85. The second-order valence-electron chi connectivity index (χ2n) is 6.08. The van der Waals surface area contributed by atoms with Crippen LogP contribution in [0.5, 0.6) is 0 Å². The van der Waals surface area contributed by atoms with Crippen molar-refractivity contribution in [1.29, 1.82) is 0 Å². The molecule has 144 valence electrons. The van der Waals surface area contributed by atoms with Crippen LogP contribution in [0, 0.1) is 0 Å². The fourth-order valence-corrected chi connectivity index (χ4v) is 3.63. The second-order valence-corrected chi connectivity index (χ2v) is 7.45. The van der Waals surface area contributed by atoms with Crippen molar-refractivity contribution in [2.75, 3.05) is 12.3 Å².